The standard InChI is InChI=1S/C13H7Cl3N4/c14-7-2-1-3-8(15)12(7)20-11-6-17-13-9(18-11)4-5-10(16)19-13/h1-6H,(H,18,20). The number of benzene rings is 1. The third kappa shape index (κ3) is 2.63. The monoisotopic (exact) mass is 324 g/mol. The van der Waals surface area contributed by atoms with Crippen LogP contribution in [0.3, 0.4) is 0 Å². The van der Waals surface area contributed by atoms with Gasteiger partial charge >= 0.3 is 0 Å². The van der Waals surface area contributed by atoms with Gasteiger partial charge in [0.25, 0.3) is 0 Å². The lowest BCUT2D eigenvalue weighted by Gasteiger charge is -2.09. The molecule has 0 aliphatic rings. The minimum atomic E-state index is 0.377. The van der Waals surface area contributed by atoms with Crippen LogP contribution < -0.4 is 5.32 Å². The Bertz CT molecular complexity index is 771. The number of rotatable bonds is 2. The third-order valence-electron chi connectivity index (χ3n) is 2.59. The van der Waals surface area contributed by atoms with Gasteiger partial charge in [0.05, 0.1) is 21.9 Å². The molecule has 1 N–H and O–H groups in total. The fraction of sp³-hybridized carbons (Fsp3) is 0. The smallest absolute Gasteiger partial charge is 0.179 e. The average molecular weight is 326 g/mol. The second kappa shape index (κ2) is 5.40. The van der Waals surface area contributed by atoms with Gasteiger partial charge in [0.15, 0.2) is 5.65 Å². The van der Waals surface area contributed by atoms with Crippen LogP contribution in [0.25, 0.3) is 11.2 Å². The number of nitrogens with zero attached hydrogens (tertiary/aromatic N) is 3. The van der Waals surface area contributed by atoms with Crippen LogP contribution in [-0.4, -0.2) is 15.0 Å². The number of nitrogens with one attached hydrogen (secondary N) is 1. The van der Waals surface area contributed by atoms with Crippen molar-refractivity contribution in [3.63, 3.8) is 0 Å². The van der Waals surface area contributed by atoms with Crippen LogP contribution in [0.4, 0.5) is 11.5 Å². The van der Waals surface area contributed by atoms with Crippen molar-refractivity contribution in [1.29, 1.82) is 0 Å². The summed E-state index contributed by atoms with van der Waals surface area (Å²) in [4.78, 5) is 12.6. The Balaban J connectivity index is 2.01. The summed E-state index contributed by atoms with van der Waals surface area (Å²) in [5.74, 6) is 0.525. The first-order valence-corrected chi connectivity index (χ1v) is 6.77. The Morgan fingerprint density at radius 1 is 0.900 bits per heavy atom. The van der Waals surface area contributed by atoms with E-state index in [-0.39, 0.29) is 0 Å². The molecule has 0 spiro atoms. The number of hydrogen-bond donors (Lipinski definition) is 1. The van der Waals surface area contributed by atoms with Crippen molar-refractivity contribution >= 4 is 57.5 Å². The molecule has 0 bridgehead atoms. The second-order valence-electron chi connectivity index (χ2n) is 3.95. The Morgan fingerprint density at radius 2 is 1.65 bits per heavy atom. The molecule has 20 heavy (non-hydrogen) atoms. The van der Waals surface area contributed by atoms with E-state index >= 15 is 0 Å². The number of halogens is 3. The van der Waals surface area contributed by atoms with Gasteiger partial charge in [-0.2, -0.15) is 0 Å². The van der Waals surface area contributed by atoms with Crippen molar-refractivity contribution in [1.82, 2.24) is 15.0 Å². The summed E-state index contributed by atoms with van der Waals surface area (Å²) in [7, 11) is 0. The van der Waals surface area contributed by atoms with Gasteiger partial charge in [-0.05, 0) is 24.3 Å². The summed E-state index contributed by atoms with van der Waals surface area (Å²) in [6, 6.07) is 8.66. The van der Waals surface area contributed by atoms with Gasteiger partial charge in [-0.25, -0.2) is 15.0 Å². The Labute approximate surface area is 129 Å². The van der Waals surface area contributed by atoms with E-state index in [4.69, 9.17) is 34.8 Å². The molecule has 0 saturated heterocycles. The van der Waals surface area contributed by atoms with Crippen LogP contribution in [0.1, 0.15) is 0 Å². The maximum atomic E-state index is 6.09. The quantitative estimate of drug-likeness (QED) is 0.692. The molecule has 1 aromatic carbocycles. The molecule has 0 aliphatic carbocycles. The second-order valence-corrected chi connectivity index (χ2v) is 5.16. The highest BCUT2D eigenvalue weighted by atomic mass is 35.5. The fourth-order valence-corrected chi connectivity index (χ4v) is 2.32. The Morgan fingerprint density at radius 3 is 2.40 bits per heavy atom. The zero-order valence-electron chi connectivity index (χ0n) is 9.94. The number of fused-ring (bicyclic) bond motifs is 1. The molecular weight excluding hydrogens is 319 g/mol. The van der Waals surface area contributed by atoms with Crippen molar-refractivity contribution in [2.45, 2.75) is 0 Å². The zero-order valence-corrected chi connectivity index (χ0v) is 12.2. The van der Waals surface area contributed by atoms with Gasteiger partial charge in [0.2, 0.25) is 0 Å². The molecular formula is C13H7Cl3N4. The van der Waals surface area contributed by atoms with E-state index in [1.165, 1.54) is 0 Å². The lowest BCUT2D eigenvalue weighted by atomic mass is 10.3. The summed E-state index contributed by atoms with van der Waals surface area (Å²) >= 11 is 18.0. The van der Waals surface area contributed by atoms with Crippen molar-refractivity contribution < 1.29 is 0 Å². The summed E-state index contributed by atoms with van der Waals surface area (Å²) < 4.78 is 0. The lowest BCUT2D eigenvalue weighted by molar-refractivity contribution is 1.22. The van der Waals surface area contributed by atoms with Crippen LogP contribution >= 0.6 is 34.8 Å². The van der Waals surface area contributed by atoms with Gasteiger partial charge in [-0.3, -0.25) is 0 Å². The summed E-state index contributed by atoms with van der Waals surface area (Å²) in [5.41, 5.74) is 1.70. The van der Waals surface area contributed by atoms with E-state index in [0.717, 1.165) is 0 Å². The first-order valence-electron chi connectivity index (χ1n) is 5.64. The normalized spacial score (nSPS) is 10.8. The number of hydrogen-bond acceptors (Lipinski definition) is 4. The maximum Gasteiger partial charge on any atom is 0.179 e. The maximum absolute atomic E-state index is 6.09. The number of anilines is 2. The van der Waals surface area contributed by atoms with Crippen molar-refractivity contribution in [2.24, 2.45) is 0 Å². The van der Waals surface area contributed by atoms with Gasteiger partial charge in [-0.1, -0.05) is 40.9 Å². The molecule has 0 atom stereocenters. The molecule has 4 nitrogen and oxygen atoms in total. The molecule has 0 amide bonds. The summed E-state index contributed by atoms with van der Waals surface area (Å²) in [6.45, 7) is 0. The van der Waals surface area contributed by atoms with Crippen LogP contribution in [0.15, 0.2) is 36.5 Å². The number of para-hydroxylation sites is 1. The fourth-order valence-electron chi connectivity index (χ4n) is 1.69. The molecule has 0 fully saturated rings. The first-order chi connectivity index (χ1) is 9.63. The van der Waals surface area contributed by atoms with E-state index in [1.54, 1.807) is 36.5 Å². The molecule has 0 aliphatic heterocycles. The topological polar surface area (TPSA) is 50.7 Å². The van der Waals surface area contributed by atoms with Crippen molar-refractivity contribution in [2.75, 3.05) is 5.32 Å². The highest BCUT2D eigenvalue weighted by molar-refractivity contribution is 6.39. The van der Waals surface area contributed by atoms with Gasteiger partial charge < -0.3 is 5.32 Å². The zero-order chi connectivity index (χ0) is 14.1. The SMILES string of the molecule is Clc1ccc2nc(Nc3c(Cl)cccc3Cl)cnc2n1. The largest absolute Gasteiger partial charge is 0.336 e. The van der Waals surface area contributed by atoms with Crippen molar-refractivity contribution in [3.8, 4) is 0 Å². The predicted molar refractivity (Wildman–Crippen MR) is 82.1 cm³/mol. The summed E-state index contributed by atoms with van der Waals surface area (Å²) in [5, 5.41) is 4.44. The third-order valence-corrected chi connectivity index (χ3v) is 3.43. The molecule has 0 radical (unpaired) electrons. The van der Waals surface area contributed by atoms with E-state index in [9.17, 15) is 0 Å². The first kappa shape index (κ1) is 13.4. The summed E-state index contributed by atoms with van der Waals surface area (Å²) in [6.07, 6.45) is 1.55. The van der Waals surface area contributed by atoms with Crippen molar-refractivity contribution in [3.05, 3.63) is 51.7 Å². The van der Waals surface area contributed by atoms with Crippen LogP contribution in [-0.2, 0) is 0 Å². The van der Waals surface area contributed by atoms with E-state index < -0.39 is 0 Å². The van der Waals surface area contributed by atoms with E-state index in [2.05, 4.69) is 20.3 Å². The molecule has 0 unspecified atom stereocenters. The van der Waals surface area contributed by atoms with Gasteiger partial charge in [0.1, 0.15) is 16.5 Å². The van der Waals surface area contributed by atoms with Gasteiger partial charge in [0, 0.05) is 0 Å². The highest BCUT2D eigenvalue weighted by Crippen LogP contribution is 2.32. The van der Waals surface area contributed by atoms with E-state index in [1.807, 2.05) is 0 Å². The Hall–Kier alpha value is -1.62. The average Bonchev–Trinajstić information content (AvgIpc) is 2.43. The molecule has 2 aromatic heterocycles. The minimum Gasteiger partial charge on any atom is -0.336 e. The lowest BCUT2D eigenvalue weighted by Crippen LogP contribution is -1.97. The molecule has 100 valence electrons. The van der Waals surface area contributed by atoms with Crippen LogP contribution in [0, 0.1) is 0 Å². The molecule has 7 heteroatoms. The van der Waals surface area contributed by atoms with Crippen LogP contribution in [0.2, 0.25) is 15.2 Å². The van der Waals surface area contributed by atoms with Crippen LogP contribution in [0.5, 0.6) is 0 Å². The molecule has 3 aromatic rings. The molecule has 3 rings (SSSR count). The highest BCUT2D eigenvalue weighted by Gasteiger charge is 2.08. The molecule has 2 heterocycles. The minimum absolute atomic E-state index is 0.377. The Kier molecular flexibility index (Phi) is 3.61. The predicted octanol–water partition coefficient (Wildman–Crippen LogP) is 4.73. The van der Waals surface area contributed by atoms with Gasteiger partial charge in [-0.15, -0.1) is 0 Å². The van der Waals surface area contributed by atoms with E-state index in [0.29, 0.717) is 37.9 Å². The molecule has 0 saturated carbocycles. The number of aromatic nitrogens is 3. The number of pyridine rings is 1.